The molecule has 0 saturated heterocycles. The van der Waals surface area contributed by atoms with Gasteiger partial charge in [0.1, 0.15) is 18.6 Å². The van der Waals surface area contributed by atoms with Crippen molar-refractivity contribution < 1.29 is 17.5 Å². The lowest BCUT2D eigenvalue weighted by molar-refractivity contribution is -0.774. The zero-order valence-electron chi connectivity index (χ0n) is 45.3. The fourth-order valence-corrected chi connectivity index (χ4v) is 10.3. The lowest BCUT2D eigenvalue weighted by Crippen LogP contribution is -2.32. The molecule has 0 aromatic carbocycles. The molecule has 0 rings (SSSR count). The van der Waals surface area contributed by atoms with Crippen LogP contribution in [0.25, 0.3) is 0 Å². The van der Waals surface area contributed by atoms with Crippen LogP contribution in [0.2, 0.25) is 0 Å². The molecule has 0 heterocycles. The molecule has 0 aliphatic carbocycles. The number of hydrogen-bond donors (Lipinski definition) is 0. The molecule has 0 saturated carbocycles. The van der Waals surface area contributed by atoms with Crippen LogP contribution in [-0.4, -0.2) is 29.8 Å². The Balaban J connectivity index is 4.94. The van der Waals surface area contributed by atoms with E-state index in [1.54, 1.807) is 0 Å². The van der Waals surface area contributed by atoms with Gasteiger partial charge in [-0.3, -0.25) is 0 Å². The predicted molar refractivity (Wildman–Crippen MR) is 295 cm³/mol. The molecule has 0 aromatic rings. The standard InChI is InChI=1S/C61H119NO3S/c1-4-7-10-13-16-19-22-25-28-31-34-37-40-43-46-49-52-57-62(60-55-56-61-66(63,64)65,58-53-50-47-44-41-38-35-32-29-26-23-20-17-14-11-8-5-2)59-54-51-48-45-42-39-36-33-30-27-24-21-18-15-12-9-6-3/h52-54,57-59H,4-51,55-56,60-61H2,1-3H3/b57-52+,58-53+,59-54+. The Bertz CT molecular complexity index is 1020. The Morgan fingerprint density at radius 3 is 0.682 bits per heavy atom. The van der Waals surface area contributed by atoms with Crippen LogP contribution in [0.5, 0.6) is 0 Å². The molecule has 0 aromatic heterocycles. The summed E-state index contributed by atoms with van der Waals surface area (Å²) in [6.45, 7) is 7.69. The third-order valence-corrected chi connectivity index (χ3v) is 15.1. The maximum absolute atomic E-state index is 11.5. The van der Waals surface area contributed by atoms with E-state index in [9.17, 15) is 13.0 Å². The highest BCUT2D eigenvalue weighted by Gasteiger charge is 2.19. The van der Waals surface area contributed by atoms with Crippen LogP contribution in [0.1, 0.15) is 342 Å². The average Bonchev–Trinajstić information content (AvgIpc) is 3.30. The van der Waals surface area contributed by atoms with E-state index in [2.05, 4.69) is 57.6 Å². The molecule has 392 valence electrons. The van der Waals surface area contributed by atoms with Gasteiger partial charge in [-0.15, -0.1) is 0 Å². The Morgan fingerprint density at radius 1 is 0.288 bits per heavy atom. The van der Waals surface area contributed by atoms with Crippen LogP contribution in [-0.2, 0) is 10.1 Å². The zero-order chi connectivity index (χ0) is 48.0. The first-order valence-corrected chi connectivity index (χ1v) is 31.8. The molecule has 0 aliphatic rings. The fourth-order valence-electron chi connectivity index (χ4n) is 9.75. The normalized spacial score (nSPS) is 12.6. The van der Waals surface area contributed by atoms with Crippen LogP contribution in [0.3, 0.4) is 0 Å². The highest BCUT2D eigenvalue weighted by atomic mass is 32.2. The van der Waals surface area contributed by atoms with E-state index < -0.39 is 10.1 Å². The van der Waals surface area contributed by atoms with Gasteiger partial charge in [-0.2, -0.15) is 0 Å². The predicted octanol–water partition coefficient (Wildman–Crippen LogP) is 21.5. The highest BCUT2D eigenvalue weighted by Crippen LogP contribution is 2.21. The highest BCUT2D eigenvalue weighted by molar-refractivity contribution is 7.85. The second kappa shape index (κ2) is 53.4. The van der Waals surface area contributed by atoms with E-state index in [1.807, 2.05) is 0 Å². The largest absolute Gasteiger partial charge is 0.748 e. The van der Waals surface area contributed by atoms with Gasteiger partial charge >= 0.3 is 0 Å². The van der Waals surface area contributed by atoms with Crippen molar-refractivity contribution in [2.45, 2.75) is 342 Å². The van der Waals surface area contributed by atoms with E-state index >= 15 is 0 Å². The monoisotopic (exact) mass is 946 g/mol. The number of rotatable bonds is 56. The molecule has 0 spiro atoms. The van der Waals surface area contributed by atoms with Crippen LogP contribution in [0, 0.1) is 0 Å². The first-order valence-electron chi connectivity index (χ1n) is 30.2. The van der Waals surface area contributed by atoms with Crippen molar-refractivity contribution in [2.75, 3.05) is 12.3 Å². The molecule has 0 atom stereocenters. The third-order valence-electron chi connectivity index (χ3n) is 14.3. The second-order valence-corrected chi connectivity index (χ2v) is 22.6. The molecular formula is C61H119NO3S. The van der Waals surface area contributed by atoms with Crippen molar-refractivity contribution in [2.24, 2.45) is 0 Å². The minimum absolute atomic E-state index is 0.262. The Hall–Kier alpha value is -0.910. The maximum atomic E-state index is 11.5. The van der Waals surface area contributed by atoms with E-state index in [0.29, 0.717) is 10.9 Å². The van der Waals surface area contributed by atoms with E-state index in [-0.39, 0.29) is 5.75 Å². The summed E-state index contributed by atoms with van der Waals surface area (Å²) in [6.07, 6.45) is 81.1. The van der Waals surface area contributed by atoms with Crippen molar-refractivity contribution in [3.63, 3.8) is 0 Å². The fraction of sp³-hybridized carbons (Fsp3) is 0.902. The minimum atomic E-state index is -4.19. The number of unbranched alkanes of at least 4 members (excludes halogenated alkanes) is 46. The summed E-state index contributed by atoms with van der Waals surface area (Å²) in [5.41, 5.74) is 0. The number of nitrogens with zero attached hydrogens (tertiary/aromatic N) is 1. The van der Waals surface area contributed by atoms with Crippen LogP contribution >= 0.6 is 0 Å². The summed E-state index contributed by atoms with van der Waals surface area (Å²) in [5.74, 6) is -0.262. The quantitative estimate of drug-likeness (QED) is 0.0347. The molecule has 5 heteroatoms. The van der Waals surface area contributed by atoms with Crippen molar-refractivity contribution in [1.29, 1.82) is 0 Å². The molecule has 4 nitrogen and oxygen atoms in total. The molecule has 0 N–H and O–H groups in total. The van der Waals surface area contributed by atoms with E-state index in [4.69, 9.17) is 0 Å². The Kier molecular flexibility index (Phi) is 52.7. The van der Waals surface area contributed by atoms with Gasteiger partial charge in [0, 0.05) is 5.75 Å². The second-order valence-electron chi connectivity index (χ2n) is 21.1. The van der Waals surface area contributed by atoms with Gasteiger partial charge < -0.3 is 4.55 Å². The molecule has 0 fully saturated rings. The molecule has 0 aliphatic heterocycles. The van der Waals surface area contributed by atoms with E-state index in [1.165, 1.54) is 289 Å². The molecule has 66 heavy (non-hydrogen) atoms. The number of hydrogen-bond acceptors (Lipinski definition) is 3. The van der Waals surface area contributed by atoms with Crippen LogP contribution < -0.4 is 0 Å². The van der Waals surface area contributed by atoms with Gasteiger partial charge in [0.05, 0.1) is 16.7 Å². The number of allylic oxidation sites excluding steroid dienone is 3. The van der Waals surface area contributed by atoms with Gasteiger partial charge in [0.15, 0.2) is 0 Å². The first kappa shape index (κ1) is 65.1. The van der Waals surface area contributed by atoms with Gasteiger partial charge in [-0.25, -0.2) is 12.9 Å². The Morgan fingerprint density at radius 2 is 0.485 bits per heavy atom. The van der Waals surface area contributed by atoms with Crippen LogP contribution in [0.4, 0.5) is 0 Å². The van der Waals surface area contributed by atoms with Gasteiger partial charge in [0.2, 0.25) is 0 Å². The third kappa shape index (κ3) is 52.5. The van der Waals surface area contributed by atoms with Gasteiger partial charge in [0.25, 0.3) is 0 Å². The smallest absolute Gasteiger partial charge is 0.101 e. The van der Waals surface area contributed by atoms with Crippen molar-refractivity contribution in [1.82, 2.24) is 0 Å². The van der Waals surface area contributed by atoms with Crippen molar-refractivity contribution in [3.05, 3.63) is 36.8 Å². The van der Waals surface area contributed by atoms with Gasteiger partial charge in [-0.05, 0) is 69.6 Å². The lowest BCUT2D eigenvalue weighted by atomic mass is 10.0. The molecule has 0 bridgehead atoms. The van der Waals surface area contributed by atoms with Crippen molar-refractivity contribution >= 4 is 10.1 Å². The van der Waals surface area contributed by atoms with Crippen LogP contribution in [0.15, 0.2) is 36.8 Å². The molecule has 0 amide bonds. The average molecular weight is 947 g/mol. The Labute approximate surface area is 416 Å². The minimum Gasteiger partial charge on any atom is -0.748 e. The molecular weight excluding hydrogens is 827 g/mol. The summed E-state index contributed by atoms with van der Waals surface area (Å²) in [7, 11) is -4.19. The maximum Gasteiger partial charge on any atom is 0.101 e. The zero-order valence-corrected chi connectivity index (χ0v) is 46.1. The summed E-state index contributed by atoms with van der Waals surface area (Å²) < 4.78 is 35.1. The van der Waals surface area contributed by atoms with Crippen molar-refractivity contribution in [3.8, 4) is 0 Å². The lowest BCUT2D eigenvalue weighted by Gasteiger charge is -2.27. The summed E-state index contributed by atoms with van der Waals surface area (Å²) >= 11 is 0. The summed E-state index contributed by atoms with van der Waals surface area (Å²) in [5, 5.41) is 0. The molecule has 0 unspecified atom stereocenters. The topological polar surface area (TPSA) is 57.2 Å². The van der Waals surface area contributed by atoms with Gasteiger partial charge in [-0.1, -0.05) is 290 Å². The van der Waals surface area contributed by atoms with E-state index in [0.717, 1.165) is 32.2 Å². The SMILES string of the molecule is CCCCCCCCCCCCCCCCC/C=C/[N+](/C=C/CCCCCCCCCCCCCCCCC)(/C=C/CCCCCCCCCCCCCCCCC)CCCCS(=O)(=O)[O-]. The first-order chi connectivity index (χ1) is 32.4. The number of quaternary nitrogens is 1. The summed E-state index contributed by atoms with van der Waals surface area (Å²) in [4.78, 5) is 0. The summed E-state index contributed by atoms with van der Waals surface area (Å²) in [6, 6.07) is 0. The molecule has 0 radical (unpaired) electrons.